The summed E-state index contributed by atoms with van der Waals surface area (Å²) < 4.78 is 12.8. The van der Waals surface area contributed by atoms with Crippen LogP contribution in [0.1, 0.15) is 60.4 Å². The number of carbonyl (C=O) groups is 1. The first-order valence-corrected chi connectivity index (χ1v) is 9.41. The number of hydrogen-bond donors (Lipinski definition) is 0. The van der Waals surface area contributed by atoms with Crippen molar-refractivity contribution in [3.63, 3.8) is 0 Å². The van der Waals surface area contributed by atoms with E-state index in [9.17, 15) is 9.59 Å². The number of carbonyl (C=O) groups excluding carboxylic acids is 1. The van der Waals surface area contributed by atoms with Gasteiger partial charge in [0.25, 0.3) is 5.56 Å². The zero-order chi connectivity index (χ0) is 17.6. The predicted octanol–water partition coefficient (Wildman–Crippen LogP) is 3.53. The van der Waals surface area contributed by atoms with Gasteiger partial charge in [0.05, 0.1) is 0 Å². The summed E-state index contributed by atoms with van der Waals surface area (Å²) in [7, 11) is 1.47. The number of methoxy groups -OCH3 is 1. The molecule has 1 heterocycles. The topological polar surface area (TPSA) is 57.5 Å². The molecule has 2 aromatic rings. The predicted molar refractivity (Wildman–Crippen MR) is 94.8 cm³/mol. The van der Waals surface area contributed by atoms with Crippen LogP contribution in [0.4, 0.5) is 0 Å². The normalized spacial score (nSPS) is 23.8. The van der Waals surface area contributed by atoms with E-state index in [0.717, 1.165) is 36.1 Å². The smallest absolute Gasteiger partial charge is 0.340 e. The average Bonchev–Trinajstić information content (AvgIpc) is 3.01. The highest BCUT2D eigenvalue weighted by Gasteiger charge is 2.45. The van der Waals surface area contributed by atoms with Crippen molar-refractivity contribution in [2.75, 3.05) is 7.11 Å². The second-order valence-corrected chi connectivity index (χ2v) is 7.75. The molecule has 0 radical (unpaired) electrons. The van der Waals surface area contributed by atoms with Gasteiger partial charge in [0.1, 0.15) is 0 Å². The van der Waals surface area contributed by atoms with Gasteiger partial charge in [-0.3, -0.25) is 9.59 Å². The van der Waals surface area contributed by atoms with E-state index in [2.05, 4.69) is 0 Å². The van der Waals surface area contributed by atoms with Crippen LogP contribution in [-0.4, -0.2) is 17.0 Å². The van der Waals surface area contributed by atoms with Crippen molar-refractivity contribution in [2.24, 2.45) is 0 Å². The van der Waals surface area contributed by atoms with Gasteiger partial charge >= 0.3 is 11.9 Å². The van der Waals surface area contributed by atoms with E-state index in [4.69, 9.17) is 9.47 Å². The van der Waals surface area contributed by atoms with Crippen LogP contribution >= 0.6 is 11.5 Å². The number of fused-ring (bicyclic) bond motifs is 2. The summed E-state index contributed by atoms with van der Waals surface area (Å²) in [5, 5.41) is 0. The Morgan fingerprint density at radius 2 is 1.80 bits per heavy atom. The molecule has 0 saturated heterocycles. The van der Waals surface area contributed by atoms with E-state index in [-0.39, 0.29) is 5.56 Å². The van der Waals surface area contributed by atoms with Gasteiger partial charge in [-0.05, 0) is 37.5 Å². The lowest BCUT2D eigenvalue weighted by atomic mass is 9.71. The van der Waals surface area contributed by atoms with Crippen LogP contribution in [0.2, 0.25) is 0 Å². The summed E-state index contributed by atoms with van der Waals surface area (Å²) in [6, 6.07) is 9.18. The minimum Gasteiger partial charge on any atom is -0.408 e. The van der Waals surface area contributed by atoms with Gasteiger partial charge in [0.15, 0.2) is 0 Å². The second-order valence-electron chi connectivity index (χ2n) is 6.76. The Bertz CT molecular complexity index is 848. The molecular formula is C19H21NO4S. The maximum absolute atomic E-state index is 13.3. The van der Waals surface area contributed by atoms with Gasteiger partial charge in [-0.2, -0.15) is 3.96 Å². The molecule has 1 aromatic carbocycles. The second kappa shape index (κ2) is 6.11. The van der Waals surface area contributed by atoms with Crippen LogP contribution in [0.15, 0.2) is 35.1 Å². The Balaban J connectivity index is 1.94. The van der Waals surface area contributed by atoms with Crippen LogP contribution in [-0.2, 0) is 20.2 Å². The Hall–Kier alpha value is -1.92. The third kappa shape index (κ3) is 2.47. The fourth-order valence-corrected chi connectivity index (χ4v) is 5.67. The van der Waals surface area contributed by atoms with Crippen LogP contribution in [0, 0.1) is 0 Å². The summed E-state index contributed by atoms with van der Waals surface area (Å²) in [6.07, 6.45) is 4.41. The molecule has 0 N–H and O–H groups in total. The van der Waals surface area contributed by atoms with Crippen molar-refractivity contribution < 1.29 is 14.3 Å². The molecule has 1 atom stereocenters. The molecule has 2 bridgehead atoms. The lowest BCUT2D eigenvalue weighted by Gasteiger charge is -2.34. The number of esters is 1. The highest BCUT2D eigenvalue weighted by Crippen LogP contribution is 2.50. The van der Waals surface area contributed by atoms with Crippen LogP contribution in [0.3, 0.4) is 0 Å². The minimum absolute atomic E-state index is 0.0821. The fraction of sp³-hybridized carbons (Fsp3) is 0.474. The maximum atomic E-state index is 13.3. The number of hydrogen-bond acceptors (Lipinski definition) is 5. The van der Waals surface area contributed by atoms with E-state index >= 15 is 0 Å². The lowest BCUT2D eigenvalue weighted by molar-refractivity contribution is -0.237. The number of benzene rings is 1. The van der Waals surface area contributed by atoms with E-state index in [1.165, 1.54) is 29.5 Å². The Morgan fingerprint density at radius 1 is 1.16 bits per heavy atom. The summed E-state index contributed by atoms with van der Waals surface area (Å²) in [5.41, 5.74) is 1.46. The summed E-state index contributed by atoms with van der Waals surface area (Å²) in [6.45, 7) is 1.33. The van der Waals surface area contributed by atoms with Gasteiger partial charge in [-0.1, -0.05) is 41.9 Å². The molecule has 1 fully saturated rings. The molecule has 1 saturated carbocycles. The Kier molecular flexibility index (Phi) is 4.04. The largest absolute Gasteiger partial charge is 0.408 e. The Labute approximate surface area is 150 Å². The van der Waals surface area contributed by atoms with Crippen molar-refractivity contribution in [3.8, 4) is 0 Å². The van der Waals surface area contributed by atoms with E-state index in [0.29, 0.717) is 17.4 Å². The zero-order valence-electron chi connectivity index (χ0n) is 14.4. The lowest BCUT2D eigenvalue weighted by Crippen LogP contribution is -2.45. The van der Waals surface area contributed by atoms with Crippen molar-refractivity contribution in [1.82, 2.24) is 3.96 Å². The first-order valence-electron chi connectivity index (χ1n) is 8.63. The molecule has 0 spiro atoms. The van der Waals surface area contributed by atoms with Crippen LogP contribution in [0.25, 0.3) is 0 Å². The van der Waals surface area contributed by atoms with Gasteiger partial charge in [-0.25, -0.2) is 0 Å². The quantitative estimate of drug-likeness (QED) is 0.619. The molecule has 132 valence electrons. The molecule has 1 unspecified atom stereocenters. The number of aromatic nitrogens is 1. The van der Waals surface area contributed by atoms with Gasteiger partial charge in [0.2, 0.25) is 0 Å². The number of ether oxygens (including phenoxy) is 2. The van der Waals surface area contributed by atoms with E-state index in [1.54, 1.807) is 0 Å². The van der Waals surface area contributed by atoms with Crippen molar-refractivity contribution in [3.05, 3.63) is 56.7 Å². The van der Waals surface area contributed by atoms with Crippen LogP contribution < -0.4 is 5.56 Å². The van der Waals surface area contributed by atoms with Gasteiger partial charge in [0, 0.05) is 30.0 Å². The van der Waals surface area contributed by atoms with Crippen molar-refractivity contribution >= 4 is 17.5 Å². The zero-order valence-corrected chi connectivity index (χ0v) is 15.2. The monoisotopic (exact) mass is 359 g/mol. The maximum Gasteiger partial charge on any atom is 0.340 e. The minimum atomic E-state index is -1.55. The molecule has 3 aliphatic rings. The number of nitrogens with zero attached hydrogens (tertiary/aromatic N) is 1. The average molecular weight is 359 g/mol. The summed E-state index contributed by atoms with van der Waals surface area (Å²) in [5.74, 6) is -1.27. The fourth-order valence-electron chi connectivity index (χ4n) is 4.22. The van der Waals surface area contributed by atoms with E-state index < -0.39 is 11.9 Å². The molecule has 0 aliphatic heterocycles. The van der Waals surface area contributed by atoms with Gasteiger partial charge < -0.3 is 9.47 Å². The molecule has 1 aromatic heterocycles. The van der Waals surface area contributed by atoms with Crippen LogP contribution in [0.5, 0.6) is 0 Å². The standard InChI is InChI=1S/C19H21NO4S/c1-12(21)24-19(23-2,15-6-4-3-5-7-15)20-18(22)16-13-8-10-14(11-9-13)17(16)25-20/h3-7,13-14H,8-11H2,1-2H3. The molecule has 0 amide bonds. The molecule has 5 rings (SSSR count). The van der Waals surface area contributed by atoms with Gasteiger partial charge in [-0.15, -0.1) is 0 Å². The molecular weight excluding hydrogens is 338 g/mol. The first-order chi connectivity index (χ1) is 12.1. The summed E-state index contributed by atoms with van der Waals surface area (Å²) in [4.78, 5) is 26.3. The molecule has 3 aliphatic carbocycles. The Morgan fingerprint density at radius 3 is 2.36 bits per heavy atom. The highest BCUT2D eigenvalue weighted by molar-refractivity contribution is 7.06. The molecule has 25 heavy (non-hydrogen) atoms. The first kappa shape index (κ1) is 16.5. The highest BCUT2D eigenvalue weighted by atomic mass is 32.1. The summed E-state index contributed by atoms with van der Waals surface area (Å²) >= 11 is 1.40. The molecule has 5 nitrogen and oxygen atoms in total. The molecule has 6 heteroatoms. The van der Waals surface area contributed by atoms with Crippen molar-refractivity contribution in [1.29, 1.82) is 0 Å². The third-order valence-corrected chi connectivity index (χ3v) is 6.68. The van der Waals surface area contributed by atoms with E-state index in [1.807, 2.05) is 30.3 Å². The SMILES string of the molecule is COC(OC(C)=O)(c1ccccc1)n1sc2c(c1=O)C1CCC2CC1. The van der Waals surface area contributed by atoms with Crippen molar-refractivity contribution in [2.45, 2.75) is 50.4 Å². The third-order valence-electron chi connectivity index (χ3n) is 5.34. The number of rotatable bonds is 4.